The summed E-state index contributed by atoms with van der Waals surface area (Å²) in [5, 5.41) is 7.65. The Morgan fingerprint density at radius 1 is 1.14 bits per heavy atom. The fourth-order valence-corrected chi connectivity index (χ4v) is 3.90. The Kier molecular flexibility index (Phi) is 5.39. The van der Waals surface area contributed by atoms with Crippen LogP contribution < -0.4 is 5.32 Å². The van der Waals surface area contributed by atoms with Gasteiger partial charge in [-0.1, -0.05) is 0 Å². The first kappa shape index (κ1) is 18.6. The molecule has 1 N–H and O–H groups in total. The lowest BCUT2D eigenvalue weighted by Crippen LogP contribution is -2.34. The molecule has 146 valence electrons. The van der Waals surface area contributed by atoms with E-state index in [9.17, 15) is 4.39 Å². The smallest absolute Gasteiger partial charge is 0.123 e. The van der Waals surface area contributed by atoms with Crippen LogP contribution in [-0.4, -0.2) is 32.8 Å². The topological polar surface area (TPSA) is 46.0 Å². The van der Waals surface area contributed by atoms with E-state index in [4.69, 9.17) is 4.98 Å². The largest absolute Gasteiger partial charge is 0.355 e. The predicted molar refractivity (Wildman–Crippen MR) is 109 cm³/mol. The summed E-state index contributed by atoms with van der Waals surface area (Å²) < 4.78 is 15.1. The molecule has 5 nitrogen and oxygen atoms in total. The monoisotopic (exact) mass is 379 g/mol. The molecule has 0 amide bonds. The van der Waals surface area contributed by atoms with Crippen molar-refractivity contribution >= 4 is 11.4 Å². The summed E-state index contributed by atoms with van der Waals surface area (Å²) in [7, 11) is 1.99. The Balaban J connectivity index is 1.49. The molecule has 1 aliphatic rings. The molecule has 0 aliphatic carbocycles. The maximum atomic E-state index is 13.1. The number of halogens is 1. The van der Waals surface area contributed by atoms with E-state index in [-0.39, 0.29) is 5.82 Å². The van der Waals surface area contributed by atoms with Gasteiger partial charge in [0.1, 0.15) is 5.82 Å². The molecular formula is C22H26FN5. The number of nitrogens with one attached hydrogen (secondary N) is 1. The van der Waals surface area contributed by atoms with E-state index < -0.39 is 0 Å². The molecule has 2 aromatic heterocycles. The molecule has 0 unspecified atom stereocenters. The second-order valence-electron chi connectivity index (χ2n) is 7.57. The molecule has 0 saturated carbocycles. The van der Waals surface area contributed by atoms with Gasteiger partial charge in [-0.2, -0.15) is 5.10 Å². The SMILES string of the molecule is Cc1cc(Nc2ccc(F)cc2)cc([C@@H]2CCCN(Cc3ccnn3C)C2)n1. The number of anilines is 2. The minimum absolute atomic E-state index is 0.229. The van der Waals surface area contributed by atoms with Crippen LogP contribution >= 0.6 is 0 Å². The number of likely N-dealkylation sites (tertiary alicyclic amines) is 1. The van der Waals surface area contributed by atoms with Crippen LogP contribution in [0, 0.1) is 12.7 Å². The number of pyridine rings is 1. The van der Waals surface area contributed by atoms with E-state index in [1.807, 2.05) is 30.9 Å². The second kappa shape index (κ2) is 8.10. The van der Waals surface area contributed by atoms with Gasteiger partial charge in [0.25, 0.3) is 0 Å². The highest BCUT2D eigenvalue weighted by atomic mass is 19.1. The lowest BCUT2D eigenvalue weighted by Gasteiger charge is -2.32. The third kappa shape index (κ3) is 4.39. The van der Waals surface area contributed by atoms with Crippen LogP contribution in [0.25, 0.3) is 0 Å². The van der Waals surface area contributed by atoms with Crippen LogP contribution in [0.3, 0.4) is 0 Å². The quantitative estimate of drug-likeness (QED) is 0.714. The zero-order chi connectivity index (χ0) is 19.5. The lowest BCUT2D eigenvalue weighted by molar-refractivity contribution is 0.194. The van der Waals surface area contributed by atoms with Crippen molar-refractivity contribution in [2.75, 3.05) is 18.4 Å². The lowest BCUT2D eigenvalue weighted by atomic mass is 9.93. The molecule has 1 aliphatic heterocycles. The van der Waals surface area contributed by atoms with E-state index in [2.05, 4.69) is 27.4 Å². The van der Waals surface area contributed by atoms with Gasteiger partial charge in [-0.15, -0.1) is 0 Å². The first-order chi connectivity index (χ1) is 13.6. The number of piperidine rings is 1. The molecule has 4 rings (SSSR count). The van der Waals surface area contributed by atoms with Crippen molar-refractivity contribution in [1.29, 1.82) is 0 Å². The summed E-state index contributed by atoms with van der Waals surface area (Å²) in [5.41, 5.74) is 5.22. The predicted octanol–water partition coefficient (Wildman–Crippen LogP) is 4.39. The summed E-state index contributed by atoms with van der Waals surface area (Å²) in [5.74, 6) is 0.184. The third-order valence-corrected chi connectivity index (χ3v) is 5.34. The van der Waals surface area contributed by atoms with Gasteiger partial charge in [-0.25, -0.2) is 4.39 Å². The van der Waals surface area contributed by atoms with E-state index >= 15 is 0 Å². The summed E-state index contributed by atoms with van der Waals surface area (Å²) in [6.07, 6.45) is 4.17. The first-order valence-electron chi connectivity index (χ1n) is 9.77. The van der Waals surface area contributed by atoms with Crippen molar-refractivity contribution in [2.45, 2.75) is 32.2 Å². The zero-order valence-corrected chi connectivity index (χ0v) is 16.4. The fourth-order valence-electron chi connectivity index (χ4n) is 3.90. The fraction of sp³-hybridized carbons (Fsp3) is 0.364. The van der Waals surface area contributed by atoms with Gasteiger partial charge in [-0.05, 0) is 68.8 Å². The van der Waals surface area contributed by atoms with Gasteiger partial charge in [0.05, 0.1) is 5.69 Å². The van der Waals surface area contributed by atoms with Crippen LogP contribution in [0.2, 0.25) is 0 Å². The highest BCUT2D eigenvalue weighted by molar-refractivity contribution is 5.60. The van der Waals surface area contributed by atoms with Crippen LogP contribution in [0.5, 0.6) is 0 Å². The molecule has 1 fully saturated rings. The van der Waals surface area contributed by atoms with Crippen molar-refractivity contribution in [3.63, 3.8) is 0 Å². The molecule has 3 heterocycles. The maximum absolute atomic E-state index is 13.1. The van der Waals surface area contributed by atoms with Crippen molar-refractivity contribution in [2.24, 2.45) is 7.05 Å². The highest BCUT2D eigenvalue weighted by Gasteiger charge is 2.23. The number of hydrogen-bond acceptors (Lipinski definition) is 4. The van der Waals surface area contributed by atoms with Gasteiger partial charge in [0.2, 0.25) is 0 Å². The molecule has 3 aromatic rings. The highest BCUT2D eigenvalue weighted by Crippen LogP contribution is 2.29. The van der Waals surface area contributed by atoms with Gasteiger partial charge in [0.15, 0.2) is 0 Å². The minimum Gasteiger partial charge on any atom is -0.355 e. The van der Waals surface area contributed by atoms with Gasteiger partial charge >= 0.3 is 0 Å². The molecule has 6 heteroatoms. The van der Waals surface area contributed by atoms with E-state index in [1.54, 1.807) is 12.1 Å². The maximum Gasteiger partial charge on any atom is 0.123 e. The summed E-state index contributed by atoms with van der Waals surface area (Å²) in [6, 6.07) is 12.7. The molecule has 28 heavy (non-hydrogen) atoms. The number of hydrogen-bond donors (Lipinski definition) is 1. The van der Waals surface area contributed by atoms with E-state index in [0.717, 1.165) is 48.8 Å². The molecule has 1 saturated heterocycles. The summed E-state index contributed by atoms with van der Waals surface area (Å²) in [4.78, 5) is 7.31. The first-order valence-corrected chi connectivity index (χ1v) is 9.77. The Morgan fingerprint density at radius 3 is 2.71 bits per heavy atom. The van der Waals surface area contributed by atoms with Gasteiger partial charge in [-0.3, -0.25) is 14.6 Å². The number of benzene rings is 1. The van der Waals surface area contributed by atoms with E-state index in [0.29, 0.717) is 5.92 Å². The molecule has 0 radical (unpaired) electrons. The molecule has 0 bridgehead atoms. The number of aromatic nitrogens is 3. The van der Waals surface area contributed by atoms with Crippen LogP contribution in [0.4, 0.5) is 15.8 Å². The van der Waals surface area contributed by atoms with E-state index in [1.165, 1.54) is 24.2 Å². The Labute approximate surface area is 165 Å². The molecule has 0 spiro atoms. The average Bonchev–Trinajstić information content (AvgIpc) is 3.08. The molecule has 1 aromatic carbocycles. The van der Waals surface area contributed by atoms with Crippen LogP contribution in [0.1, 0.15) is 35.8 Å². The summed E-state index contributed by atoms with van der Waals surface area (Å²) >= 11 is 0. The van der Waals surface area contributed by atoms with Crippen LogP contribution in [-0.2, 0) is 13.6 Å². The van der Waals surface area contributed by atoms with Gasteiger partial charge in [0, 0.05) is 55.0 Å². The second-order valence-corrected chi connectivity index (χ2v) is 7.57. The van der Waals surface area contributed by atoms with Crippen molar-refractivity contribution < 1.29 is 4.39 Å². The normalized spacial score (nSPS) is 17.6. The number of nitrogens with zero attached hydrogens (tertiary/aromatic N) is 4. The van der Waals surface area contributed by atoms with Crippen molar-refractivity contribution in [3.05, 3.63) is 71.6 Å². The zero-order valence-electron chi connectivity index (χ0n) is 16.4. The van der Waals surface area contributed by atoms with Crippen LogP contribution in [0.15, 0.2) is 48.7 Å². The number of rotatable bonds is 5. The molecule has 1 atom stereocenters. The van der Waals surface area contributed by atoms with Gasteiger partial charge < -0.3 is 5.32 Å². The Hall–Kier alpha value is -2.73. The number of aryl methyl sites for hydroxylation is 2. The summed E-state index contributed by atoms with van der Waals surface area (Å²) in [6.45, 7) is 5.04. The Bertz CT molecular complexity index is 934. The molecular weight excluding hydrogens is 353 g/mol. The average molecular weight is 379 g/mol. The third-order valence-electron chi connectivity index (χ3n) is 5.34. The van der Waals surface area contributed by atoms with Crippen molar-refractivity contribution in [3.8, 4) is 0 Å². The standard InChI is InChI=1S/C22H26FN5/c1-16-12-20(26-19-7-5-18(23)6-8-19)13-22(25-16)17-4-3-11-28(14-17)15-21-9-10-24-27(21)2/h5-10,12-13,17H,3-4,11,14-15H2,1-2H3,(H,25,26)/t17-/m1/s1. The van der Waals surface area contributed by atoms with Crippen molar-refractivity contribution in [1.82, 2.24) is 19.7 Å². The minimum atomic E-state index is -0.229. The Morgan fingerprint density at radius 2 is 1.96 bits per heavy atom.